The van der Waals surface area contributed by atoms with Crippen LogP contribution in [0.5, 0.6) is 5.75 Å². The second-order valence-corrected chi connectivity index (χ2v) is 6.73. The Hall–Kier alpha value is -1.48. The molecule has 2 aromatic rings. The van der Waals surface area contributed by atoms with Gasteiger partial charge in [-0.1, -0.05) is 12.1 Å². The lowest BCUT2D eigenvalue weighted by atomic mass is 10.2. The van der Waals surface area contributed by atoms with E-state index in [-0.39, 0.29) is 24.0 Å². The van der Waals surface area contributed by atoms with Gasteiger partial charge < -0.3 is 19.9 Å². The molecule has 0 amide bonds. The number of hydrogen-bond acceptors (Lipinski definition) is 4. The van der Waals surface area contributed by atoms with Crippen LogP contribution in [-0.4, -0.2) is 50.7 Å². The Kier molecular flexibility index (Phi) is 8.50. The van der Waals surface area contributed by atoms with Gasteiger partial charge in [0.1, 0.15) is 5.75 Å². The number of rotatable bonds is 5. The zero-order valence-corrected chi connectivity index (χ0v) is 18.5. The molecule has 0 saturated carbocycles. The molecule has 0 atom stereocenters. The van der Waals surface area contributed by atoms with Gasteiger partial charge in [0.15, 0.2) is 5.96 Å². The summed E-state index contributed by atoms with van der Waals surface area (Å²) in [7, 11) is 1.73. The zero-order valence-electron chi connectivity index (χ0n) is 15.4. The first-order valence-corrected chi connectivity index (χ1v) is 9.68. The number of aliphatic imine (C=N–C) groups is 1. The topological polar surface area (TPSA) is 40.1 Å². The SMILES string of the molecule is CCNC(=NCc1ccsc1)N1CCN(c2ccccc2OC)CC1.I. The summed E-state index contributed by atoms with van der Waals surface area (Å²) in [6.45, 7) is 7.56. The molecule has 0 radical (unpaired) electrons. The highest BCUT2D eigenvalue weighted by atomic mass is 127. The number of methoxy groups -OCH3 is 1. The van der Waals surface area contributed by atoms with Gasteiger partial charge in [0.2, 0.25) is 0 Å². The lowest BCUT2D eigenvalue weighted by Crippen LogP contribution is -2.52. The van der Waals surface area contributed by atoms with Crippen LogP contribution in [0.1, 0.15) is 12.5 Å². The fraction of sp³-hybridized carbons (Fsp3) is 0.421. The standard InChI is InChI=1S/C19H26N4OS.HI/c1-3-20-19(21-14-16-8-13-25-15-16)23-11-9-22(10-12-23)17-6-4-5-7-18(17)24-2;/h4-8,13,15H,3,9-12,14H2,1-2H3,(H,20,21);1H. The monoisotopic (exact) mass is 486 g/mol. The summed E-state index contributed by atoms with van der Waals surface area (Å²) in [5.41, 5.74) is 2.44. The minimum Gasteiger partial charge on any atom is -0.495 e. The number of piperazine rings is 1. The van der Waals surface area contributed by atoms with Crippen molar-refractivity contribution in [2.24, 2.45) is 4.99 Å². The first-order chi connectivity index (χ1) is 12.3. The highest BCUT2D eigenvalue weighted by Crippen LogP contribution is 2.28. The van der Waals surface area contributed by atoms with Crippen LogP contribution in [-0.2, 0) is 6.54 Å². The largest absolute Gasteiger partial charge is 0.495 e. The molecule has 0 aliphatic carbocycles. The number of benzene rings is 1. The number of hydrogen-bond donors (Lipinski definition) is 1. The Morgan fingerprint density at radius 2 is 1.96 bits per heavy atom. The van der Waals surface area contributed by atoms with Crippen molar-refractivity contribution in [3.63, 3.8) is 0 Å². The van der Waals surface area contributed by atoms with Crippen LogP contribution in [0.25, 0.3) is 0 Å². The molecule has 1 fully saturated rings. The molecule has 26 heavy (non-hydrogen) atoms. The number of para-hydroxylation sites is 2. The molecule has 1 aliphatic rings. The molecule has 3 rings (SSSR count). The van der Waals surface area contributed by atoms with Crippen molar-refractivity contribution >= 4 is 47.0 Å². The normalized spacial score (nSPS) is 14.8. The number of anilines is 1. The number of thiophene rings is 1. The molecule has 1 saturated heterocycles. The summed E-state index contributed by atoms with van der Waals surface area (Å²) < 4.78 is 5.50. The van der Waals surface area contributed by atoms with Gasteiger partial charge in [0.25, 0.3) is 0 Å². The van der Waals surface area contributed by atoms with Gasteiger partial charge in [-0.2, -0.15) is 11.3 Å². The number of nitrogens with one attached hydrogen (secondary N) is 1. The van der Waals surface area contributed by atoms with Crippen LogP contribution in [0.3, 0.4) is 0 Å². The molecule has 7 heteroatoms. The van der Waals surface area contributed by atoms with Crippen molar-refractivity contribution in [3.8, 4) is 5.75 Å². The molecule has 0 bridgehead atoms. The average molecular weight is 486 g/mol. The summed E-state index contributed by atoms with van der Waals surface area (Å²) in [6.07, 6.45) is 0. The van der Waals surface area contributed by atoms with Crippen LogP contribution >= 0.6 is 35.3 Å². The summed E-state index contributed by atoms with van der Waals surface area (Å²) in [4.78, 5) is 9.54. The van der Waals surface area contributed by atoms with Gasteiger partial charge in [-0.05, 0) is 41.4 Å². The third-order valence-electron chi connectivity index (χ3n) is 4.33. The smallest absolute Gasteiger partial charge is 0.194 e. The second-order valence-electron chi connectivity index (χ2n) is 5.95. The Bertz CT molecular complexity index is 685. The number of ether oxygens (including phenoxy) is 1. The van der Waals surface area contributed by atoms with E-state index in [4.69, 9.17) is 9.73 Å². The Morgan fingerprint density at radius 1 is 1.19 bits per heavy atom. The van der Waals surface area contributed by atoms with Crippen molar-refractivity contribution in [3.05, 3.63) is 46.7 Å². The quantitative estimate of drug-likeness (QED) is 0.398. The minimum absolute atomic E-state index is 0. The van der Waals surface area contributed by atoms with Gasteiger partial charge >= 0.3 is 0 Å². The highest BCUT2D eigenvalue weighted by Gasteiger charge is 2.21. The van der Waals surface area contributed by atoms with Gasteiger partial charge in [-0.25, -0.2) is 4.99 Å². The molecular weight excluding hydrogens is 459 g/mol. The van der Waals surface area contributed by atoms with Gasteiger partial charge in [0.05, 0.1) is 19.3 Å². The van der Waals surface area contributed by atoms with E-state index in [1.807, 2.05) is 12.1 Å². The lowest BCUT2D eigenvalue weighted by molar-refractivity contribution is 0.367. The molecular formula is C19H27IN4OS. The van der Waals surface area contributed by atoms with Crippen LogP contribution in [0, 0.1) is 0 Å². The molecule has 0 spiro atoms. The van der Waals surface area contributed by atoms with E-state index in [2.05, 4.69) is 51.0 Å². The molecule has 5 nitrogen and oxygen atoms in total. The average Bonchev–Trinajstić information content (AvgIpc) is 3.19. The number of nitrogens with zero attached hydrogens (tertiary/aromatic N) is 3. The van der Waals surface area contributed by atoms with Gasteiger partial charge in [-0.15, -0.1) is 24.0 Å². The van der Waals surface area contributed by atoms with E-state index in [1.165, 1.54) is 11.3 Å². The lowest BCUT2D eigenvalue weighted by Gasteiger charge is -2.38. The highest BCUT2D eigenvalue weighted by molar-refractivity contribution is 14.0. The summed E-state index contributed by atoms with van der Waals surface area (Å²) in [6, 6.07) is 10.4. The summed E-state index contributed by atoms with van der Waals surface area (Å²) in [5, 5.41) is 7.69. The summed E-state index contributed by atoms with van der Waals surface area (Å²) in [5.74, 6) is 1.95. The van der Waals surface area contributed by atoms with Crippen LogP contribution in [0.4, 0.5) is 5.69 Å². The first kappa shape index (κ1) is 20.8. The number of guanidine groups is 1. The van der Waals surface area contributed by atoms with Crippen molar-refractivity contribution < 1.29 is 4.74 Å². The zero-order chi connectivity index (χ0) is 17.5. The molecule has 142 valence electrons. The fourth-order valence-corrected chi connectivity index (χ4v) is 3.68. The molecule has 1 N–H and O–H groups in total. The first-order valence-electron chi connectivity index (χ1n) is 8.74. The van der Waals surface area contributed by atoms with Gasteiger partial charge in [0, 0.05) is 32.7 Å². The van der Waals surface area contributed by atoms with E-state index in [9.17, 15) is 0 Å². The Labute approximate surface area is 177 Å². The maximum absolute atomic E-state index is 5.50. The van der Waals surface area contributed by atoms with Crippen molar-refractivity contribution in [2.75, 3.05) is 44.7 Å². The minimum atomic E-state index is 0. The molecule has 1 aromatic heterocycles. The maximum atomic E-state index is 5.50. The maximum Gasteiger partial charge on any atom is 0.194 e. The predicted octanol–water partition coefficient (Wildman–Crippen LogP) is 3.66. The van der Waals surface area contributed by atoms with E-state index >= 15 is 0 Å². The number of halogens is 1. The van der Waals surface area contributed by atoms with E-state index in [0.717, 1.165) is 51.0 Å². The Balaban J connectivity index is 0.00000243. The second kappa shape index (κ2) is 10.6. The van der Waals surface area contributed by atoms with E-state index in [1.54, 1.807) is 18.4 Å². The molecule has 2 heterocycles. The van der Waals surface area contributed by atoms with Crippen molar-refractivity contribution in [2.45, 2.75) is 13.5 Å². The predicted molar refractivity (Wildman–Crippen MR) is 121 cm³/mol. The van der Waals surface area contributed by atoms with Crippen LogP contribution in [0.15, 0.2) is 46.1 Å². The fourth-order valence-electron chi connectivity index (χ4n) is 3.02. The van der Waals surface area contributed by atoms with Crippen LogP contribution < -0.4 is 15.0 Å². The third-order valence-corrected chi connectivity index (χ3v) is 5.06. The van der Waals surface area contributed by atoms with E-state index in [0.29, 0.717) is 0 Å². The third kappa shape index (κ3) is 5.26. The summed E-state index contributed by atoms with van der Waals surface area (Å²) >= 11 is 1.72. The van der Waals surface area contributed by atoms with Crippen molar-refractivity contribution in [1.29, 1.82) is 0 Å². The molecule has 1 aliphatic heterocycles. The van der Waals surface area contributed by atoms with Crippen molar-refractivity contribution in [1.82, 2.24) is 10.2 Å². The van der Waals surface area contributed by atoms with E-state index < -0.39 is 0 Å². The molecule has 0 unspecified atom stereocenters. The van der Waals surface area contributed by atoms with Gasteiger partial charge in [-0.3, -0.25) is 0 Å². The van der Waals surface area contributed by atoms with Crippen LogP contribution in [0.2, 0.25) is 0 Å². The molecule has 1 aromatic carbocycles. The Morgan fingerprint density at radius 3 is 2.62 bits per heavy atom.